The van der Waals surface area contributed by atoms with Crippen LogP contribution >= 0.6 is 0 Å². The molecule has 2 aromatic heterocycles. The van der Waals surface area contributed by atoms with Crippen LogP contribution in [0.5, 0.6) is 5.88 Å². The third kappa shape index (κ3) is 5.07. The van der Waals surface area contributed by atoms with Crippen molar-refractivity contribution in [1.82, 2.24) is 24.6 Å². The molecular formula is C26H32FN7O4. The molecule has 1 spiro atoms. The van der Waals surface area contributed by atoms with Gasteiger partial charge in [0.2, 0.25) is 11.8 Å². The Hall–Kier alpha value is -3.96. The number of aryl methyl sites for hydroxylation is 1. The van der Waals surface area contributed by atoms with Crippen molar-refractivity contribution >= 4 is 34.5 Å². The molecule has 1 saturated carbocycles. The van der Waals surface area contributed by atoms with Crippen LogP contribution in [0.2, 0.25) is 0 Å². The molecule has 3 heterocycles. The zero-order chi connectivity index (χ0) is 27.2. The van der Waals surface area contributed by atoms with E-state index < -0.39 is 17.3 Å². The minimum Gasteiger partial charge on any atom is -0.477 e. The first-order valence-corrected chi connectivity index (χ1v) is 12.7. The Kier molecular flexibility index (Phi) is 6.36. The van der Waals surface area contributed by atoms with Gasteiger partial charge in [-0.25, -0.2) is 14.2 Å². The van der Waals surface area contributed by atoms with Gasteiger partial charge in [0.15, 0.2) is 5.82 Å². The average Bonchev–Trinajstić information content (AvgIpc) is 3.47. The van der Waals surface area contributed by atoms with E-state index in [1.165, 1.54) is 16.9 Å². The van der Waals surface area contributed by atoms with Crippen LogP contribution in [-0.4, -0.2) is 74.0 Å². The summed E-state index contributed by atoms with van der Waals surface area (Å²) in [4.78, 5) is 38.7. The van der Waals surface area contributed by atoms with E-state index in [9.17, 15) is 14.0 Å². The predicted octanol–water partition coefficient (Wildman–Crippen LogP) is 3.74. The minimum atomic E-state index is -0.564. The van der Waals surface area contributed by atoms with Gasteiger partial charge in [-0.05, 0) is 52.7 Å². The molecule has 0 atom stereocenters. The molecule has 1 aliphatic heterocycles. The Bertz CT molecular complexity index is 1400. The first-order valence-electron chi connectivity index (χ1n) is 12.7. The number of piperazine rings is 1. The van der Waals surface area contributed by atoms with Crippen molar-refractivity contribution in [3.63, 3.8) is 0 Å². The molecule has 5 rings (SSSR count). The second-order valence-electron chi connectivity index (χ2n) is 10.8. The molecule has 0 bridgehead atoms. The van der Waals surface area contributed by atoms with Gasteiger partial charge in [-0.2, -0.15) is 10.1 Å². The summed E-state index contributed by atoms with van der Waals surface area (Å²) in [6, 6.07) is 2.88. The van der Waals surface area contributed by atoms with Crippen molar-refractivity contribution in [2.24, 2.45) is 7.05 Å². The number of hydrogen-bond acceptors (Lipinski definition) is 8. The Labute approximate surface area is 219 Å². The number of anilines is 2. The van der Waals surface area contributed by atoms with Crippen LogP contribution in [-0.2, 0) is 11.8 Å². The van der Waals surface area contributed by atoms with Gasteiger partial charge in [0.05, 0.1) is 12.1 Å². The third-order valence-corrected chi connectivity index (χ3v) is 6.58. The number of rotatable bonds is 5. The van der Waals surface area contributed by atoms with Gasteiger partial charge >= 0.3 is 6.09 Å². The number of carbonyl (C=O) groups excluding carboxylic acids is 2. The summed E-state index contributed by atoms with van der Waals surface area (Å²) in [6.45, 7) is 9.22. The highest BCUT2D eigenvalue weighted by Crippen LogP contribution is 2.45. The maximum absolute atomic E-state index is 14.5. The summed E-state index contributed by atoms with van der Waals surface area (Å²) in [7, 11) is 1.70. The van der Waals surface area contributed by atoms with Crippen molar-refractivity contribution in [1.29, 1.82) is 0 Å². The standard InChI is InChI=1S/C26H32FN7O4/c1-6-37-22-18(21(35)29-17-11-16-14-32(5)31-20(16)19(27)12-17)13-28-23(30-22)33-9-10-34(26(15-33)7-8-26)24(36)38-25(2,3)4/h11-14H,6-10,15H2,1-5H3,(H,29,35). The summed E-state index contributed by atoms with van der Waals surface area (Å²) in [5.41, 5.74) is -0.218. The number of fused-ring (bicyclic) bond motifs is 1. The Morgan fingerprint density at radius 1 is 1.21 bits per heavy atom. The SMILES string of the molecule is CCOc1nc(N2CCN(C(=O)OC(C)(C)C)C3(CC3)C2)ncc1C(=O)Nc1cc(F)c2nn(C)cc2c1. The highest BCUT2D eigenvalue weighted by Gasteiger charge is 2.54. The molecule has 12 heteroatoms. The van der Waals surface area contributed by atoms with Crippen molar-refractivity contribution in [3.8, 4) is 5.88 Å². The van der Waals surface area contributed by atoms with Crippen LogP contribution in [0.25, 0.3) is 10.9 Å². The lowest BCUT2D eigenvalue weighted by Crippen LogP contribution is -2.58. The fourth-order valence-corrected chi connectivity index (χ4v) is 4.72. The third-order valence-electron chi connectivity index (χ3n) is 6.58. The smallest absolute Gasteiger partial charge is 0.410 e. The molecular weight excluding hydrogens is 493 g/mol. The normalized spacial score (nSPS) is 16.6. The second-order valence-corrected chi connectivity index (χ2v) is 10.8. The summed E-state index contributed by atoms with van der Waals surface area (Å²) >= 11 is 0. The Morgan fingerprint density at radius 2 is 1.97 bits per heavy atom. The molecule has 2 amide bonds. The molecule has 38 heavy (non-hydrogen) atoms. The molecule has 2 fully saturated rings. The highest BCUT2D eigenvalue weighted by atomic mass is 19.1. The van der Waals surface area contributed by atoms with Crippen LogP contribution in [0, 0.1) is 5.82 Å². The molecule has 3 aromatic rings. The second kappa shape index (κ2) is 9.41. The molecule has 11 nitrogen and oxygen atoms in total. The lowest BCUT2D eigenvalue weighted by Gasteiger charge is -2.42. The molecule has 1 N–H and O–H groups in total. The van der Waals surface area contributed by atoms with Crippen molar-refractivity contribution in [3.05, 3.63) is 35.9 Å². The van der Waals surface area contributed by atoms with Gasteiger partial charge < -0.3 is 19.7 Å². The van der Waals surface area contributed by atoms with Gasteiger partial charge in [0.25, 0.3) is 5.91 Å². The zero-order valence-electron chi connectivity index (χ0n) is 22.2. The predicted molar refractivity (Wildman–Crippen MR) is 139 cm³/mol. The van der Waals surface area contributed by atoms with Gasteiger partial charge in [-0.15, -0.1) is 0 Å². The van der Waals surface area contributed by atoms with E-state index in [-0.39, 0.29) is 34.3 Å². The maximum atomic E-state index is 14.5. The summed E-state index contributed by atoms with van der Waals surface area (Å²) in [5.74, 6) is -0.495. The number of halogens is 1. The van der Waals surface area contributed by atoms with Crippen molar-refractivity contribution in [2.45, 2.75) is 51.7 Å². The summed E-state index contributed by atoms with van der Waals surface area (Å²) in [6.07, 6.45) is 4.53. The number of carbonyl (C=O) groups is 2. The number of nitrogens with zero attached hydrogens (tertiary/aromatic N) is 6. The lowest BCUT2D eigenvalue weighted by atomic mass is 10.1. The number of amides is 2. The van der Waals surface area contributed by atoms with Crippen LogP contribution in [0.15, 0.2) is 24.5 Å². The van der Waals surface area contributed by atoms with Gasteiger partial charge in [-0.3, -0.25) is 14.4 Å². The van der Waals surface area contributed by atoms with Crippen LogP contribution in [0.3, 0.4) is 0 Å². The topological polar surface area (TPSA) is 115 Å². The van der Waals surface area contributed by atoms with Crippen molar-refractivity contribution in [2.75, 3.05) is 36.5 Å². The monoisotopic (exact) mass is 525 g/mol. The zero-order valence-corrected chi connectivity index (χ0v) is 22.2. The van der Waals surface area contributed by atoms with Crippen LogP contribution in [0.1, 0.15) is 50.9 Å². The largest absolute Gasteiger partial charge is 0.477 e. The number of benzene rings is 1. The van der Waals surface area contributed by atoms with E-state index in [2.05, 4.69) is 20.4 Å². The van der Waals surface area contributed by atoms with Gasteiger partial charge in [-0.1, -0.05) is 0 Å². The number of hydrogen-bond donors (Lipinski definition) is 1. The number of aromatic nitrogens is 4. The van der Waals surface area contributed by atoms with E-state index in [0.29, 0.717) is 37.6 Å². The molecule has 1 aliphatic carbocycles. The molecule has 0 unspecified atom stereocenters. The van der Waals surface area contributed by atoms with Crippen molar-refractivity contribution < 1.29 is 23.5 Å². The molecule has 0 radical (unpaired) electrons. The first-order chi connectivity index (χ1) is 18.0. The fraction of sp³-hybridized carbons (Fsp3) is 0.500. The molecule has 2 aliphatic rings. The number of ether oxygens (including phenoxy) is 2. The van der Waals surface area contributed by atoms with E-state index in [1.807, 2.05) is 30.6 Å². The Morgan fingerprint density at radius 3 is 2.66 bits per heavy atom. The van der Waals surface area contributed by atoms with E-state index >= 15 is 0 Å². The first kappa shape index (κ1) is 25.7. The van der Waals surface area contributed by atoms with Crippen LogP contribution in [0.4, 0.5) is 20.8 Å². The summed E-state index contributed by atoms with van der Waals surface area (Å²) in [5, 5.41) is 7.36. The summed E-state index contributed by atoms with van der Waals surface area (Å²) < 4.78 is 27.3. The molecule has 202 valence electrons. The minimum absolute atomic E-state index is 0.135. The average molecular weight is 526 g/mol. The van der Waals surface area contributed by atoms with Crippen LogP contribution < -0.4 is 15.0 Å². The van der Waals surface area contributed by atoms with E-state index in [1.54, 1.807) is 26.2 Å². The molecule has 1 saturated heterocycles. The quantitative estimate of drug-likeness (QED) is 0.536. The highest BCUT2D eigenvalue weighted by molar-refractivity contribution is 6.06. The maximum Gasteiger partial charge on any atom is 0.410 e. The van der Waals surface area contributed by atoms with E-state index in [0.717, 1.165) is 12.8 Å². The number of nitrogens with one attached hydrogen (secondary N) is 1. The van der Waals surface area contributed by atoms with Gasteiger partial charge in [0.1, 0.15) is 16.7 Å². The van der Waals surface area contributed by atoms with E-state index in [4.69, 9.17) is 9.47 Å². The Balaban J connectivity index is 1.34. The molecule has 1 aromatic carbocycles. The lowest BCUT2D eigenvalue weighted by molar-refractivity contribution is 0.0105. The van der Waals surface area contributed by atoms with Gasteiger partial charge in [0, 0.05) is 50.1 Å². The fourth-order valence-electron chi connectivity index (χ4n) is 4.72.